The number of phenols is 1. The van der Waals surface area contributed by atoms with Crippen molar-refractivity contribution in [3.8, 4) is 17.0 Å². The summed E-state index contributed by atoms with van der Waals surface area (Å²) in [6.45, 7) is 1.43. The highest BCUT2D eigenvalue weighted by atomic mass is 79.9. The molecule has 0 aliphatic carbocycles. The van der Waals surface area contributed by atoms with Crippen molar-refractivity contribution in [3.05, 3.63) is 71.3 Å². The number of benzene rings is 2. The quantitative estimate of drug-likeness (QED) is 0.334. The van der Waals surface area contributed by atoms with Crippen LogP contribution < -0.4 is 5.32 Å². The zero-order valence-electron chi connectivity index (χ0n) is 18.4. The number of para-hydroxylation sites is 1. The lowest BCUT2D eigenvalue weighted by Gasteiger charge is -2.33. The number of hydrogen-bond donors (Lipinski definition) is 2. The number of carbonyl (C=O) groups excluding carboxylic acids is 1. The molecule has 174 valence electrons. The second-order valence-corrected chi connectivity index (χ2v) is 10.1. The van der Waals surface area contributed by atoms with E-state index >= 15 is 0 Å². The molecule has 7 nitrogen and oxygen atoms in total. The van der Waals surface area contributed by atoms with Crippen LogP contribution in [0.4, 0.5) is 5.82 Å². The molecule has 5 rings (SSSR count). The van der Waals surface area contributed by atoms with Crippen LogP contribution in [0.3, 0.4) is 0 Å². The van der Waals surface area contributed by atoms with Crippen LogP contribution in [-0.4, -0.2) is 55.4 Å². The fourth-order valence-corrected chi connectivity index (χ4v) is 5.27. The van der Waals surface area contributed by atoms with Crippen molar-refractivity contribution in [3.63, 3.8) is 0 Å². The molecule has 4 aromatic rings. The van der Waals surface area contributed by atoms with Crippen LogP contribution >= 0.6 is 27.7 Å². The number of thioether (sulfide) groups is 1. The van der Waals surface area contributed by atoms with Crippen molar-refractivity contribution in [2.75, 3.05) is 24.2 Å². The lowest BCUT2D eigenvalue weighted by Crippen LogP contribution is -2.43. The van der Waals surface area contributed by atoms with Crippen LogP contribution in [-0.2, 0) is 4.79 Å². The summed E-state index contributed by atoms with van der Waals surface area (Å²) >= 11 is 5.10. The third-order valence-corrected chi connectivity index (χ3v) is 7.47. The number of phenolic OH excluding ortho intramolecular Hbond substituents is 1. The first-order valence-corrected chi connectivity index (χ1v) is 12.9. The average molecular weight is 538 g/mol. The minimum Gasteiger partial charge on any atom is -0.507 e. The van der Waals surface area contributed by atoms with Gasteiger partial charge in [0, 0.05) is 35.7 Å². The maximum atomic E-state index is 12.7. The van der Waals surface area contributed by atoms with Crippen LogP contribution in [0.25, 0.3) is 16.9 Å². The Labute approximate surface area is 210 Å². The number of carbonyl (C=O) groups is 1. The van der Waals surface area contributed by atoms with Gasteiger partial charge in [0.1, 0.15) is 11.6 Å². The van der Waals surface area contributed by atoms with E-state index in [0.717, 1.165) is 41.1 Å². The maximum absolute atomic E-state index is 12.7. The predicted molar refractivity (Wildman–Crippen MR) is 138 cm³/mol. The number of nitrogens with zero attached hydrogens (tertiary/aromatic N) is 4. The number of piperidine rings is 1. The number of halogens is 1. The number of likely N-dealkylation sites (tertiary alicyclic amines) is 1. The molecule has 0 atom stereocenters. The fourth-order valence-electron chi connectivity index (χ4n) is 4.10. The zero-order valence-corrected chi connectivity index (χ0v) is 20.8. The topological polar surface area (TPSA) is 82.8 Å². The summed E-state index contributed by atoms with van der Waals surface area (Å²) in [4.78, 5) is 20.4. The Morgan fingerprint density at radius 3 is 2.62 bits per heavy atom. The number of rotatable bonds is 6. The van der Waals surface area contributed by atoms with Gasteiger partial charge in [-0.15, -0.1) is 11.8 Å². The third-order valence-electron chi connectivity index (χ3n) is 5.91. The molecule has 3 heterocycles. The molecule has 0 unspecified atom stereocenters. The highest BCUT2D eigenvalue weighted by Crippen LogP contribution is 2.31. The summed E-state index contributed by atoms with van der Waals surface area (Å²) in [5.74, 6) is 1.62. The lowest BCUT2D eigenvalue weighted by atomic mass is 10.0. The van der Waals surface area contributed by atoms with Gasteiger partial charge in [-0.1, -0.05) is 30.3 Å². The molecule has 1 amide bonds. The third kappa shape index (κ3) is 4.90. The molecule has 1 fully saturated rings. The lowest BCUT2D eigenvalue weighted by molar-refractivity contribution is -0.129. The first-order valence-electron chi connectivity index (χ1n) is 11.1. The Balaban J connectivity index is 1.27. The van der Waals surface area contributed by atoms with Crippen LogP contribution in [0.5, 0.6) is 5.75 Å². The Morgan fingerprint density at radius 1 is 1.12 bits per heavy atom. The van der Waals surface area contributed by atoms with Crippen LogP contribution in [0, 0.1) is 0 Å². The molecule has 1 aliphatic rings. The second-order valence-electron chi connectivity index (χ2n) is 8.17. The number of amides is 1. The molecule has 2 aromatic heterocycles. The van der Waals surface area contributed by atoms with E-state index in [1.165, 1.54) is 0 Å². The van der Waals surface area contributed by atoms with E-state index in [1.807, 2.05) is 53.4 Å². The van der Waals surface area contributed by atoms with Crippen molar-refractivity contribution in [2.24, 2.45) is 0 Å². The van der Waals surface area contributed by atoms with Crippen molar-refractivity contribution in [1.82, 2.24) is 19.5 Å². The molecule has 0 radical (unpaired) electrons. The first kappa shape index (κ1) is 22.7. The predicted octanol–water partition coefficient (Wildman–Crippen LogP) is 5.06. The maximum Gasteiger partial charge on any atom is 0.232 e. The van der Waals surface area contributed by atoms with E-state index in [2.05, 4.69) is 26.3 Å². The van der Waals surface area contributed by atoms with Gasteiger partial charge in [0.05, 0.1) is 22.1 Å². The standard InChI is InChI=1S/C25H24BrN5O2S/c26-20-15-27-31-23(14-21(29-25(20)31)19-8-4-5-9-22(19)32)28-17-10-12-30(13-11-17)24(33)16-34-18-6-2-1-3-7-18/h1-9,14-15,17,28,32H,10-13,16H2. The molecule has 0 saturated carbocycles. The molecule has 2 N–H and O–H groups in total. The number of nitrogens with one attached hydrogen (secondary N) is 1. The second kappa shape index (κ2) is 10.1. The molecule has 0 spiro atoms. The Bertz CT molecular complexity index is 1310. The highest BCUT2D eigenvalue weighted by molar-refractivity contribution is 9.10. The molecular weight excluding hydrogens is 514 g/mol. The van der Waals surface area contributed by atoms with Crippen LogP contribution in [0.15, 0.2) is 76.2 Å². The van der Waals surface area contributed by atoms with Crippen LogP contribution in [0.1, 0.15) is 12.8 Å². The summed E-state index contributed by atoms with van der Waals surface area (Å²) < 4.78 is 2.55. The van der Waals surface area contributed by atoms with Crippen LogP contribution in [0.2, 0.25) is 0 Å². The Kier molecular flexibility index (Phi) is 6.73. The first-order chi connectivity index (χ1) is 16.6. The molecular formula is C25H24BrN5O2S. The van der Waals surface area contributed by atoms with Gasteiger partial charge in [-0.2, -0.15) is 9.61 Å². The highest BCUT2D eigenvalue weighted by Gasteiger charge is 2.24. The molecule has 34 heavy (non-hydrogen) atoms. The normalized spacial score (nSPS) is 14.4. The summed E-state index contributed by atoms with van der Waals surface area (Å²) in [5, 5.41) is 18.4. The van der Waals surface area contributed by atoms with Gasteiger partial charge in [-0.05, 0) is 53.0 Å². The number of anilines is 1. The van der Waals surface area contributed by atoms with Crippen molar-refractivity contribution >= 4 is 45.1 Å². The van der Waals surface area contributed by atoms with Crippen molar-refractivity contribution in [1.29, 1.82) is 0 Å². The summed E-state index contributed by atoms with van der Waals surface area (Å²) in [7, 11) is 0. The van der Waals surface area contributed by atoms with E-state index in [9.17, 15) is 9.90 Å². The minimum atomic E-state index is 0.177. The molecule has 0 bridgehead atoms. The van der Waals surface area contributed by atoms with Gasteiger partial charge >= 0.3 is 0 Å². The van der Waals surface area contributed by atoms with Gasteiger partial charge in [0.25, 0.3) is 0 Å². The van der Waals surface area contributed by atoms with Gasteiger partial charge in [0.15, 0.2) is 5.65 Å². The minimum absolute atomic E-state index is 0.177. The molecule has 9 heteroatoms. The van der Waals surface area contributed by atoms with Gasteiger partial charge in [-0.25, -0.2) is 4.98 Å². The average Bonchev–Trinajstić information content (AvgIpc) is 3.25. The monoisotopic (exact) mass is 537 g/mol. The van der Waals surface area contributed by atoms with E-state index in [0.29, 0.717) is 22.7 Å². The number of aromatic hydroxyl groups is 1. The fraction of sp³-hybridized carbons (Fsp3) is 0.240. The van der Waals surface area contributed by atoms with E-state index < -0.39 is 0 Å². The van der Waals surface area contributed by atoms with Gasteiger partial charge in [-0.3, -0.25) is 4.79 Å². The van der Waals surface area contributed by atoms with Gasteiger partial charge in [0.2, 0.25) is 5.91 Å². The molecule has 1 saturated heterocycles. The van der Waals surface area contributed by atoms with Crippen molar-refractivity contribution < 1.29 is 9.90 Å². The smallest absolute Gasteiger partial charge is 0.232 e. The number of aromatic nitrogens is 3. The largest absolute Gasteiger partial charge is 0.507 e. The number of hydrogen-bond acceptors (Lipinski definition) is 6. The summed E-state index contributed by atoms with van der Waals surface area (Å²) in [6, 6.07) is 19.3. The SMILES string of the molecule is O=C(CSc1ccccc1)N1CCC(Nc2cc(-c3ccccc3O)nc3c(Br)cnn23)CC1. The summed E-state index contributed by atoms with van der Waals surface area (Å²) in [5.41, 5.74) is 2.01. The van der Waals surface area contributed by atoms with Crippen molar-refractivity contribution in [2.45, 2.75) is 23.8 Å². The Morgan fingerprint density at radius 2 is 1.85 bits per heavy atom. The number of fused-ring (bicyclic) bond motifs is 1. The molecule has 1 aliphatic heterocycles. The molecule has 2 aromatic carbocycles. The van der Waals surface area contributed by atoms with E-state index in [1.54, 1.807) is 34.6 Å². The van der Waals surface area contributed by atoms with E-state index in [4.69, 9.17) is 4.98 Å². The zero-order chi connectivity index (χ0) is 23.5. The summed E-state index contributed by atoms with van der Waals surface area (Å²) in [6.07, 6.45) is 3.41. The Hall–Kier alpha value is -3.04. The van der Waals surface area contributed by atoms with E-state index in [-0.39, 0.29) is 17.7 Å². The van der Waals surface area contributed by atoms with Gasteiger partial charge < -0.3 is 15.3 Å².